The number of aromatic nitrogens is 2. The predicted molar refractivity (Wildman–Crippen MR) is 94.6 cm³/mol. The molecular weight excluding hydrogens is 280 g/mol. The highest BCUT2D eigenvalue weighted by Crippen LogP contribution is 2.48. The molecule has 0 amide bonds. The molecule has 2 aromatic carbocycles. The van der Waals surface area contributed by atoms with Crippen molar-refractivity contribution >= 4 is 21.5 Å². The molecule has 2 nitrogen and oxygen atoms in total. The van der Waals surface area contributed by atoms with E-state index in [1.165, 1.54) is 38.2 Å². The van der Waals surface area contributed by atoms with Gasteiger partial charge in [0.2, 0.25) is 0 Å². The lowest BCUT2D eigenvalue weighted by Gasteiger charge is -2.34. The minimum absolute atomic E-state index is 0.0467. The minimum atomic E-state index is -0.0467. The molecule has 0 fully saturated rings. The van der Waals surface area contributed by atoms with Crippen molar-refractivity contribution in [1.29, 1.82) is 0 Å². The van der Waals surface area contributed by atoms with E-state index >= 15 is 0 Å². The smallest absolute Gasteiger partial charge is 0.0786 e. The van der Waals surface area contributed by atoms with Crippen LogP contribution in [-0.2, 0) is 5.41 Å². The van der Waals surface area contributed by atoms with Crippen LogP contribution in [0.1, 0.15) is 25.0 Å². The molecule has 0 bridgehead atoms. The number of nitrogens with zero attached hydrogens (tertiary/aromatic N) is 2. The fourth-order valence-corrected chi connectivity index (χ4v) is 4.03. The van der Waals surface area contributed by atoms with Crippen LogP contribution in [0.15, 0.2) is 61.1 Å². The Bertz CT molecular complexity index is 1090. The Morgan fingerprint density at radius 1 is 0.870 bits per heavy atom. The Labute approximate surface area is 134 Å². The number of fused-ring (bicyclic) bond motifs is 4. The van der Waals surface area contributed by atoms with Gasteiger partial charge in [-0.15, -0.1) is 0 Å². The Kier molecular flexibility index (Phi) is 2.31. The summed E-state index contributed by atoms with van der Waals surface area (Å²) < 4.78 is 0. The van der Waals surface area contributed by atoms with Crippen LogP contribution < -0.4 is 0 Å². The summed E-state index contributed by atoms with van der Waals surface area (Å²) in [6.07, 6.45) is 5.75. The van der Waals surface area contributed by atoms with Gasteiger partial charge in [0.25, 0.3) is 0 Å². The van der Waals surface area contributed by atoms with Crippen LogP contribution in [0.4, 0.5) is 0 Å². The largest absolute Gasteiger partial charge is 0.264 e. The number of hydrogen-bond donors (Lipinski definition) is 0. The second-order valence-electron chi connectivity index (χ2n) is 6.77. The molecule has 23 heavy (non-hydrogen) atoms. The van der Waals surface area contributed by atoms with E-state index in [0.29, 0.717) is 0 Å². The van der Waals surface area contributed by atoms with Crippen LogP contribution in [-0.4, -0.2) is 9.97 Å². The average Bonchev–Trinajstić information content (AvgIpc) is 2.59. The third-order valence-corrected chi connectivity index (χ3v) is 5.19. The molecule has 110 valence electrons. The van der Waals surface area contributed by atoms with Crippen molar-refractivity contribution in [3.8, 4) is 11.3 Å². The van der Waals surface area contributed by atoms with Crippen LogP contribution in [0.3, 0.4) is 0 Å². The number of pyridine rings is 2. The lowest BCUT2D eigenvalue weighted by molar-refractivity contribution is 0.645. The molecule has 2 heteroatoms. The van der Waals surface area contributed by atoms with E-state index in [9.17, 15) is 0 Å². The summed E-state index contributed by atoms with van der Waals surface area (Å²) in [6.45, 7) is 4.61. The van der Waals surface area contributed by atoms with E-state index in [1.54, 1.807) is 0 Å². The Morgan fingerprint density at radius 3 is 2.61 bits per heavy atom. The molecule has 0 N–H and O–H groups in total. The maximum atomic E-state index is 4.74. The van der Waals surface area contributed by atoms with Gasteiger partial charge < -0.3 is 0 Å². The van der Waals surface area contributed by atoms with Crippen molar-refractivity contribution in [2.24, 2.45) is 0 Å². The van der Waals surface area contributed by atoms with E-state index in [-0.39, 0.29) is 5.41 Å². The van der Waals surface area contributed by atoms with Gasteiger partial charge in [-0.2, -0.15) is 0 Å². The van der Waals surface area contributed by atoms with Crippen molar-refractivity contribution in [2.45, 2.75) is 19.3 Å². The summed E-state index contributed by atoms with van der Waals surface area (Å²) in [5, 5.41) is 5.00. The molecule has 0 atom stereocenters. The van der Waals surface area contributed by atoms with E-state index in [1.807, 2.05) is 18.6 Å². The highest BCUT2D eigenvalue weighted by molar-refractivity contribution is 6.14. The molecule has 2 heterocycles. The lowest BCUT2D eigenvalue weighted by Crippen LogP contribution is -2.24. The van der Waals surface area contributed by atoms with Gasteiger partial charge in [-0.05, 0) is 40.1 Å². The molecule has 4 aromatic rings. The van der Waals surface area contributed by atoms with Gasteiger partial charge in [0.15, 0.2) is 0 Å². The number of rotatable bonds is 0. The maximum Gasteiger partial charge on any atom is 0.0786 e. The molecule has 0 unspecified atom stereocenters. The topological polar surface area (TPSA) is 25.8 Å². The summed E-state index contributed by atoms with van der Waals surface area (Å²) in [7, 11) is 0. The standard InChI is InChI=1S/C21H16N2/c1-21(2)17-6-4-3-5-16(17)20-19-15(8-10-23-20)14-7-9-22-12-13(14)11-18(19)21/h3-12H,1-2H3. The van der Waals surface area contributed by atoms with Crippen molar-refractivity contribution in [3.05, 3.63) is 72.2 Å². The van der Waals surface area contributed by atoms with Crippen LogP contribution in [0.2, 0.25) is 0 Å². The monoisotopic (exact) mass is 296 g/mol. The van der Waals surface area contributed by atoms with Gasteiger partial charge in [0.1, 0.15) is 0 Å². The van der Waals surface area contributed by atoms with Gasteiger partial charge >= 0.3 is 0 Å². The Morgan fingerprint density at radius 2 is 1.70 bits per heavy atom. The first kappa shape index (κ1) is 12.8. The molecule has 0 aliphatic heterocycles. The van der Waals surface area contributed by atoms with Crippen molar-refractivity contribution in [3.63, 3.8) is 0 Å². The highest BCUT2D eigenvalue weighted by Gasteiger charge is 2.34. The van der Waals surface area contributed by atoms with Crippen LogP contribution in [0.5, 0.6) is 0 Å². The van der Waals surface area contributed by atoms with E-state index in [4.69, 9.17) is 4.98 Å². The fourth-order valence-electron chi connectivity index (χ4n) is 4.03. The van der Waals surface area contributed by atoms with Crippen LogP contribution >= 0.6 is 0 Å². The normalized spacial score (nSPS) is 14.9. The van der Waals surface area contributed by atoms with Crippen LogP contribution in [0.25, 0.3) is 32.8 Å². The molecule has 2 aromatic heterocycles. The Hall–Kier alpha value is -2.74. The molecule has 0 saturated carbocycles. The van der Waals surface area contributed by atoms with E-state index in [2.05, 4.69) is 61.3 Å². The first-order valence-corrected chi connectivity index (χ1v) is 7.94. The quantitative estimate of drug-likeness (QED) is 0.422. The van der Waals surface area contributed by atoms with E-state index < -0.39 is 0 Å². The fraction of sp³-hybridized carbons (Fsp3) is 0.143. The van der Waals surface area contributed by atoms with Crippen molar-refractivity contribution < 1.29 is 0 Å². The lowest BCUT2D eigenvalue weighted by atomic mass is 9.69. The second kappa shape index (κ2) is 4.17. The van der Waals surface area contributed by atoms with E-state index in [0.717, 1.165) is 5.69 Å². The zero-order chi connectivity index (χ0) is 15.6. The predicted octanol–water partition coefficient (Wildman–Crippen LogP) is 5.09. The summed E-state index contributed by atoms with van der Waals surface area (Å²) in [6, 6.07) is 15.2. The van der Waals surface area contributed by atoms with Gasteiger partial charge in [-0.3, -0.25) is 9.97 Å². The van der Waals surface area contributed by atoms with Gasteiger partial charge in [-0.25, -0.2) is 0 Å². The third kappa shape index (κ3) is 1.53. The SMILES string of the molecule is CC1(C)c2ccccc2-c2nccc3c2c1cc1cnccc13. The highest BCUT2D eigenvalue weighted by atomic mass is 14.7. The first-order chi connectivity index (χ1) is 11.2. The molecule has 5 rings (SSSR count). The summed E-state index contributed by atoms with van der Waals surface area (Å²) >= 11 is 0. The molecular formula is C21H16N2. The summed E-state index contributed by atoms with van der Waals surface area (Å²) in [4.78, 5) is 9.05. The number of benzene rings is 2. The number of hydrogen-bond acceptors (Lipinski definition) is 2. The molecule has 0 radical (unpaired) electrons. The van der Waals surface area contributed by atoms with Crippen molar-refractivity contribution in [2.75, 3.05) is 0 Å². The third-order valence-electron chi connectivity index (χ3n) is 5.19. The summed E-state index contributed by atoms with van der Waals surface area (Å²) in [5.41, 5.74) is 5.00. The summed E-state index contributed by atoms with van der Waals surface area (Å²) in [5.74, 6) is 0. The second-order valence-corrected chi connectivity index (χ2v) is 6.77. The molecule has 0 spiro atoms. The average molecular weight is 296 g/mol. The van der Waals surface area contributed by atoms with Gasteiger partial charge in [0.05, 0.1) is 5.69 Å². The Balaban J connectivity index is 2.10. The minimum Gasteiger partial charge on any atom is -0.264 e. The molecule has 0 saturated heterocycles. The van der Waals surface area contributed by atoms with Gasteiger partial charge in [-0.1, -0.05) is 38.1 Å². The van der Waals surface area contributed by atoms with Crippen molar-refractivity contribution in [1.82, 2.24) is 9.97 Å². The molecule has 1 aliphatic carbocycles. The zero-order valence-electron chi connectivity index (χ0n) is 13.2. The first-order valence-electron chi connectivity index (χ1n) is 7.94. The molecule has 1 aliphatic rings. The zero-order valence-corrected chi connectivity index (χ0v) is 13.2. The maximum absolute atomic E-state index is 4.74. The van der Waals surface area contributed by atoms with Crippen LogP contribution in [0, 0.1) is 0 Å². The van der Waals surface area contributed by atoms with Gasteiger partial charge in [0, 0.05) is 40.3 Å².